The summed E-state index contributed by atoms with van der Waals surface area (Å²) in [6.07, 6.45) is 2.05. The summed E-state index contributed by atoms with van der Waals surface area (Å²) in [6, 6.07) is 0. The normalized spacial score (nSPS) is 14.8. The Morgan fingerprint density at radius 3 is 2.07 bits per heavy atom. The van der Waals surface area contributed by atoms with Crippen LogP contribution in [-0.4, -0.2) is 0 Å². The molecule has 3 nitrogen and oxygen atoms in total. The van der Waals surface area contributed by atoms with E-state index in [1.165, 1.54) is 6.92 Å². The third kappa shape index (κ3) is 8.23. The number of rotatable bonds is 4. The van der Waals surface area contributed by atoms with E-state index in [0.29, 0.717) is 0 Å². The number of allylic oxidation sites excluding steroid dienone is 1. The lowest BCUT2D eigenvalue weighted by Gasteiger charge is -2.00. The van der Waals surface area contributed by atoms with Gasteiger partial charge in [0.15, 0.2) is 0 Å². The third-order valence-corrected chi connectivity index (χ3v) is 4.63. The minimum absolute atomic E-state index is 0.157. The molecule has 0 aliphatic heterocycles. The minimum atomic E-state index is -3.33. The first-order valence-corrected chi connectivity index (χ1v) is 10.2. The molecule has 0 rings (SSSR count). The zero-order valence-corrected chi connectivity index (χ0v) is 11.7. The van der Waals surface area contributed by atoms with E-state index in [9.17, 15) is 9.13 Å². The molecule has 14 heavy (non-hydrogen) atoms. The molecule has 0 atom stereocenters. The monoisotopic (exact) mass is 316 g/mol. The van der Waals surface area contributed by atoms with Crippen molar-refractivity contribution in [2.45, 2.75) is 6.92 Å². The van der Waals surface area contributed by atoms with Gasteiger partial charge >= 0.3 is 0 Å². The largest absolute Gasteiger partial charge is 0.472 e. The van der Waals surface area contributed by atoms with Crippen LogP contribution in [0.4, 0.5) is 0 Å². The highest BCUT2D eigenvalue weighted by Gasteiger charge is 2.16. The van der Waals surface area contributed by atoms with E-state index < -0.39 is 11.7 Å². The predicted molar refractivity (Wildman–Crippen MR) is 62.6 cm³/mol. The van der Waals surface area contributed by atoms with Crippen molar-refractivity contribution in [1.82, 2.24) is 0 Å². The van der Waals surface area contributed by atoms with Gasteiger partial charge < -0.3 is 4.74 Å². The Balaban J connectivity index is 4.28. The van der Waals surface area contributed by atoms with Crippen molar-refractivity contribution in [2.75, 3.05) is 0 Å². The predicted octanol–water partition coefficient (Wildman–Crippen LogP) is 5.68. The summed E-state index contributed by atoms with van der Waals surface area (Å²) >= 11 is 20.9. The molecule has 0 saturated carbocycles. The van der Waals surface area contributed by atoms with Crippen molar-refractivity contribution in [2.24, 2.45) is 0 Å². The maximum atomic E-state index is 11.0. The van der Waals surface area contributed by atoms with Crippen LogP contribution in [0.15, 0.2) is 23.7 Å². The molecule has 0 N–H and O–H groups in total. The van der Waals surface area contributed by atoms with Crippen LogP contribution in [0.3, 0.4) is 0 Å². The van der Waals surface area contributed by atoms with E-state index in [1.807, 2.05) is 0 Å². The molecule has 0 aliphatic carbocycles. The Morgan fingerprint density at radius 1 is 1.21 bits per heavy atom. The Kier molecular flexibility index (Phi) is 6.22. The summed E-state index contributed by atoms with van der Waals surface area (Å²) < 4.78 is 26.3. The second-order valence-corrected chi connectivity index (χ2v) is 12.0. The summed E-state index contributed by atoms with van der Waals surface area (Å²) in [5, 5.41) is 0.157. The zero-order valence-electron chi connectivity index (χ0n) is 6.86. The molecular formula is C5H6Cl4O3P2. The molecule has 0 unspecified atom stereocenters. The van der Waals surface area contributed by atoms with Crippen LogP contribution >= 0.6 is 56.7 Å². The molecule has 0 amide bonds. The smallest absolute Gasteiger partial charge is 0.280 e. The van der Waals surface area contributed by atoms with Crippen molar-refractivity contribution in [3.8, 4) is 0 Å². The lowest BCUT2D eigenvalue weighted by molar-refractivity contribution is 0.401. The second-order valence-electron chi connectivity index (χ2n) is 2.15. The van der Waals surface area contributed by atoms with Gasteiger partial charge in [0.25, 0.3) is 11.7 Å². The summed E-state index contributed by atoms with van der Waals surface area (Å²) in [5.74, 6) is -5.65. The van der Waals surface area contributed by atoms with Crippen LogP contribution in [-0.2, 0) is 13.9 Å². The van der Waals surface area contributed by atoms with Crippen LogP contribution < -0.4 is 0 Å². The van der Waals surface area contributed by atoms with Crippen LogP contribution in [0.1, 0.15) is 6.92 Å². The number of hydrogen-bond acceptors (Lipinski definition) is 3. The van der Waals surface area contributed by atoms with Crippen molar-refractivity contribution in [3.05, 3.63) is 23.7 Å². The highest BCUT2D eigenvalue weighted by Crippen LogP contribution is 2.63. The molecule has 82 valence electrons. The number of ether oxygens (including phenoxy) is 1. The van der Waals surface area contributed by atoms with Gasteiger partial charge in [0, 0.05) is 11.1 Å². The average molecular weight is 318 g/mol. The maximum absolute atomic E-state index is 11.0. The van der Waals surface area contributed by atoms with Crippen LogP contribution in [0.25, 0.3) is 0 Å². The highest BCUT2D eigenvalue weighted by molar-refractivity contribution is 8.11. The van der Waals surface area contributed by atoms with Crippen molar-refractivity contribution < 1.29 is 13.9 Å². The van der Waals surface area contributed by atoms with E-state index in [2.05, 4.69) is 4.74 Å². The fourth-order valence-electron chi connectivity index (χ4n) is 0.305. The minimum Gasteiger partial charge on any atom is -0.472 e. The Labute approximate surface area is 101 Å². The Bertz CT molecular complexity index is 339. The average Bonchev–Trinajstić information content (AvgIpc) is 1.93. The van der Waals surface area contributed by atoms with E-state index in [1.54, 1.807) is 0 Å². The van der Waals surface area contributed by atoms with Crippen LogP contribution in [0.5, 0.6) is 0 Å². The van der Waals surface area contributed by atoms with Crippen LogP contribution in [0, 0.1) is 0 Å². The second kappa shape index (κ2) is 5.84. The third-order valence-electron chi connectivity index (χ3n) is 0.962. The molecule has 0 aromatic heterocycles. The first kappa shape index (κ1) is 14.9. The van der Waals surface area contributed by atoms with Gasteiger partial charge in [0.2, 0.25) is 0 Å². The first-order chi connectivity index (χ1) is 6.13. The van der Waals surface area contributed by atoms with Gasteiger partial charge in [-0.1, -0.05) is 0 Å². The fraction of sp³-hybridized carbons (Fsp3) is 0.200. The van der Waals surface area contributed by atoms with Gasteiger partial charge in [-0.15, -0.1) is 0 Å². The van der Waals surface area contributed by atoms with Crippen LogP contribution in [0.2, 0.25) is 0 Å². The van der Waals surface area contributed by atoms with E-state index in [4.69, 9.17) is 45.0 Å². The molecule has 0 saturated heterocycles. The topological polar surface area (TPSA) is 43.4 Å². The fourth-order valence-corrected chi connectivity index (χ4v) is 1.22. The summed E-state index contributed by atoms with van der Waals surface area (Å²) in [7, 11) is 0. The van der Waals surface area contributed by atoms with Gasteiger partial charge in [0.1, 0.15) is 0 Å². The standard InChI is InChI=1S/C5H6Cl4O3P2/c1-5(14(8,9)11)4-12-2-3-13(6,7)10/h2-4H,1H3/b3-2+,5-4-. The molecule has 0 fully saturated rings. The van der Waals surface area contributed by atoms with Gasteiger partial charge in [0.05, 0.1) is 12.5 Å². The van der Waals surface area contributed by atoms with Gasteiger partial charge in [-0.25, -0.2) is 0 Å². The highest BCUT2D eigenvalue weighted by atomic mass is 35.9. The van der Waals surface area contributed by atoms with Gasteiger partial charge in [-0.05, 0) is 51.9 Å². The first-order valence-electron chi connectivity index (χ1n) is 3.12. The van der Waals surface area contributed by atoms with Gasteiger partial charge in [-0.3, -0.25) is 9.13 Å². The van der Waals surface area contributed by atoms with E-state index in [0.717, 1.165) is 18.3 Å². The van der Waals surface area contributed by atoms with Crippen molar-refractivity contribution >= 4 is 56.7 Å². The molecular weight excluding hydrogens is 312 g/mol. The molecule has 0 aliphatic rings. The molecule has 0 aromatic carbocycles. The summed E-state index contributed by atoms with van der Waals surface area (Å²) in [4.78, 5) is 0. The molecule has 9 heteroatoms. The van der Waals surface area contributed by atoms with E-state index >= 15 is 0 Å². The maximum Gasteiger partial charge on any atom is 0.280 e. The zero-order chi connectivity index (χ0) is 11.4. The molecule has 0 spiro atoms. The lowest BCUT2D eigenvalue weighted by Crippen LogP contribution is -1.71. The number of hydrogen-bond donors (Lipinski definition) is 0. The SMILES string of the molecule is C/C(=C/O/C=C/P(=O)(Cl)Cl)P(=O)(Cl)Cl. The van der Waals surface area contributed by atoms with Crippen molar-refractivity contribution in [1.29, 1.82) is 0 Å². The lowest BCUT2D eigenvalue weighted by atomic mass is 10.7. The molecule has 0 bridgehead atoms. The Hall–Kier alpha value is 0.900. The van der Waals surface area contributed by atoms with Gasteiger partial charge in [-0.2, -0.15) is 0 Å². The molecule has 0 radical (unpaired) electrons. The summed E-state index contributed by atoms with van der Waals surface area (Å²) in [5.41, 5.74) is 0. The quantitative estimate of drug-likeness (QED) is 0.495. The molecule has 0 heterocycles. The van der Waals surface area contributed by atoms with Crippen molar-refractivity contribution in [3.63, 3.8) is 0 Å². The van der Waals surface area contributed by atoms with E-state index in [-0.39, 0.29) is 5.31 Å². The Morgan fingerprint density at radius 2 is 1.71 bits per heavy atom. The number of halogens is 4. The molecule has 0 aromatic rings. The summed E-state index contributed by atoms with van der Waals surface area (Å²) in [6.45, 7) is 1.43.